The number of nitrogens with one attached hydrogen (secondary N) is 1. The van der Waals surface area contributed by atoms with Crippen LogP contribution in [0, 0.1) is 17.1 Å². The van der Waals surface area contributed by atoms with E-state index in [0.29, 0.717) is 23.4 Å². The number of carbonyl (C=O) groups is 2. The molecule has 0 aliphatic carbocycles. The van der Waals surface area contributed by atoms with Gasteiger partial charge in [-0.1, -0.05) is 42.5 Å². The minimum Gasteiger partial charge on any atom is -0.490 e. The zero-order valence-corrected chi connectivity index (χ0v) is 19.3. The molecule has 0 fully saturated rings. The second-order valence-corrected chi connectivity index (χ2v) is 7.69. The predicted octanol–water partition coefficient (Wildman–Crippen LogP) is 6.14. The number of fused-ring (bicyclic) bond motifs is 1. The first-order valence-electron chi connectivity index (χ1n) is 11.1. The summed E-state index contributed by atoms with van der Waals surface area (Å²) in [5.41, 5.74) is 1.11. The molecule has 0 heterocycles. The van der Waals surface area contributed by atoms with Crippen molar-refractivity contribution in [1.29, 1.82) is 5.26 Å². The van der Waals surface area contributed by atoms with Crippen LogP contribution in [0.5, 0.6) is 11.5 Å². The third-order valence-electron chi connectivity index (χ3n) is 5.26. The van der Waals surface area contributed by atoms with E-state index >= 15 is 0 Å². The van der Waals surface area contributed by atoms with Crippen LogP contribution in [-0.2, 0) is 4.79 Å². The molecule has 0 unspecified atom stereocenters. The SMILES string of the molecule is CCOc1cc(/C=C(\C#N)C(=O)Nc2ccc(F)cc2)ccc1OC(=O)c1cccc2ccccc12. The Morgan fingerprint density at radius 2 is 1.72 bits per heavy atom. The van der Waals surface area contributed by atoms with Crippen molar-refractivity contribution in [2.45, 2.75) is 6.92 Å². The van der Waals surface area contributed by atoms with Crippen LogP contribution in [0.4, 0.5) is 10.1 Å². The van der Waals surface area contributed by atoms with Crippen molar-refractivity contribution in [3.05, 3.63) is 107 Å². The van der Waals surface area contributed by atoms with E-state index < -0.39 is 17.7 Å². The van der Waals surface area contributed by atoms with Gasteiger partial charge in [0.1, 0.15) is 17.5 Å². The average Bonchev–Trinajstić information content (AvgIpc) is 2.89. The van der Waals surface area contributed by atoms with E-state index in [2.05, 4.69) is 5.32 Å². The maximum Gasteiger partial charge on any atom is 0.344 e. The average molecular weight is 480 g/mol. The zero-order valence-electron chi connectivity index (χ0n) is 19.3. The normalized spacial score (nSPS) is 11.0. The molecule has 36 heavy (non-hydrogen) atoms. The minimum atomic E-state index is -0.645. The summed E-state index contributed by atoms with van der Waals surface area (Å²) < 4.78 is 24.4. The van der Waals surface area contributed by atoms with Crippen LogP contribution in [0.2, 0.25) is 0 Å². The van der Waals surface area contributed by atoms with Gasteiger partial charge in [0.25, 0.3) is 5.91 Å². The fourth-order valence-corrected chi connectivity index (χ4v) is 3.57. The molecule has 0 spiro atoms. The fraction of sp³-hybridized carbons (Fsp3) is 0.0690. The number of esters is 1. The van der Waals surface area contributed by atoms with Crippen molar-refractivity contribution < 1.29 is 23.5 Å². The molecule has 6 nitrogen and oxygen atoms in total. The van der Waals surface area contributed by atoms with Crippen molar-refractivity contribution in [2.75, 3.05) is 11.9 Å². The highest BCUT2D eigenvalue weighted by Crippen LogP contribution is 2.31. The lowest BCUT2D eigenvalue weighted by Crippen LogP contribution is -2.13. The molecule has 0 saturated heterocycles. The number of nitriles is 1. The van der Waals surface area contributed by atoms with E-state index in [1.54, 1.807) is 37.3 Å². The first-order chi connectivity index (χ1) is 17.5. The molecule has 0 aliphatic rings. The van der Waals surface area contributed by atoms with Crippen LogP contribution in [0.25, 0.3) is 16.8 Å². The lowest BCUT2D eigenvalue weighted by Gasteiger charge is -2.12. The predicted molar refractivity (Wildman–Crippen MR) is 135 cm³/mol. The third-order valence-corrected chi connectivity index (χ3v) is 5.26. The van der Waals surface area contributed by atoms with Gasteiger partial charge in [0.05, 0.1) is 12.2 Å². The van der Waals surface area contributed by atoms with E-state index in [1.165, 1.54) is 30.3 Å². The van der Waals surface area contributed by atoms with Crippen molar-refractivity contribution in [1.82, 2.24) is 0 Å². The summed E-state index contributed by atoms with van der Waals surface area (Å²) in [5, 5.41) is 13.7. The van der Waals surface area contributed by atoms with Crippen LogP contribution >= 0.6 is 0 Å². The molecule has 4 aromatic carbocycles. The highest BCUT2D eigenvalue weighted by Gasteiger charge is 2.16. The number of benzene rings is 4. The molecule has 0 saturated carbocycles. The molecule has 0 aromatic heterocycles. The van der Waals surface area contributed by atoms with Crippen molar-refractivity contribution in [3.63, 3.8) is 0 Å². The lowest BCUT2D eigenvalue weighted by molar-refractivity contribution is -0.112. The summed E-state index contributed by atoms with van der Waals surface area (Å²) in [5.74, 6) is -1.12. The Balaban J connectivity index is 1.58. The first kappa shape index (κ1) is 24.2. The summed E-state index contributed by atoms with van der Waals surface area (Å²) >= 11 is 0. The van der Waals surface area contributed by atoms with Gasteiger partial charge in [-0.3, -0.25) is 4.79 Å². The number of hydrogen-bond donors (Lipinski definition) is 1. The Morgan fingerprint density at radius 3 is 2.47 bits per heavy atom. The molecule has 0 atom stereocenters. The van der Waals surface area contributed by atoms with E-state index in [0.717, 1.165) is 10.8 Å². The molecule has 0 aliphatic heterocycles. The van der Waals surface area contributed by atoms with Gasteiger partial charge in [0, 0.05) is 5.69 Å². The lowest BCUT2D eigenvalue weighted by atomic mass is 10.0. The Labute approximate surface area is 207 Å². The molecule has 178 valence electrons. The highest BCUT2D eigenvalue weighted by molar-refractivity contribution is 6.09. The first-order valence-corrected chi connectivity index (χ1v) is 11.1. The molecule has 0 bridgehead atoms. The molecule has 4 aromatic rings. The van der Waals surface area contributed by atoms with Gasteiger partial charge in [-0.15, -0.1) is 0 Å². The number of anilines is 1. The van der Waals surface area contributed by atoms with Crippen LogP contribution in [0.1, 0.15) is 22.8 Å². The zero-order chi connectivity index (χ0) is 25.5. The molecule has 0 radical (unpaired) electrons. The number of carbonyl (C=O) groups excluding carboxylic acids is 2. The standard InChI is InChI=1S/C29H21FN2O4/c1-2-35-27-17-19(16-21(18-31)28(33)32-23-13-11-22(30)12-14-23)10-15-26(27)36-29(34)25-9-5-7-20-6-3-4-8-24(20)25/h3-17H,2H2,1H3,(H,32,33)/b21-16+. The van der Waals surface area contributed by atoms with Gasteiger partial charge in [-0.05, 0) is 71.8 Å². The van der Waals surface area contributed by atoms with E-state index in [-0.39, 0.29) is 17.1 Å². The van der Waals surface area contributed by atoms with Crippen molar-refractivity contribution in [3.8, 4) is 17.6 Å². The summed E-state index contributed by atoms with van der Waals surface area (Å²) in [6.45, 7) is 2.10. The Morgan fingerprint density at radius 1 is 0.972 bits per heavy atom. The summed E-state index contributed by atoms with van der Waals surface area (Å²) in [6.07, 6.45) is 1.39. The molecular formula is C29H21FN2O4. The number of ether oxygens (including phenoxy) is 2. The van der Waals surface area contributed by atoms with Crippen LogP contribution in [0.15, 0.2) is 90.5 Å². The molecule has 1 amide bonds. The summed E-state index contributed by atoms with van der Waals surface area (Å²) in [7, 11) is 0. The minimum absolute atomic E-state index is 0.165. The Kier molecular flexibility index (Phi) is 7.37. The molecule has 1 N–H and O–H groups in total. The van der Waals surface area contributed by atoms with Crippen molar-refractivity contribution >= 4 is 34.4 Å². The largest absolute Gasteiger partial charge is 0.490 e. The summed E-state index contributed by atoms with van der Waals surface area (Å²) in [4.78, 5) is 25.5. The smallest absolute Gasteiger partial charge is 0.344 e. The van der Waals surface area contributed by atoms with Gasteiger partial charge >= 0.3 is 5.97 Å². The van der Waals surface area contributed by atoms with Crippen LogP contribution in [0.3, 0.4) is 0 Å². The van der Waals surface area contributed by atoms with Gasteiger partial charge < -0.3 is 14.8 Å². The highest BCUT2D eigenvalue weighted by atomic mass is 19.1. The van der Waals surface area contributed by atoms with Gasteiger partial charge in [0.15, 0.2) is 11.5 Å². The van der Waals surface area contributed by atoms with E-state index in [4.69, 9.17) is 9.47 Å². The Bertz CT molecular complexity index is 1500. The van der Waals surface area contributed by atoms with Crippen molar-refractivity contribution in [2.24, 2.45) is 0 Å². The Hall–Kier alpha value is -4.96. The van der Waals surface area contributed by atoms with Gasteiger partial charge in [0.2, 0.25) is 0 Å². The van der Waals surface area contributed by atoms with Gasteiger partial charge in [-0.2, -0.15) is 5.26 Å². The molecular weight excluding hydrogens is 459 g/mol. The molecule has 7 heteroatoms. The van der Waals surface area contributed by atoms with Crippen LogP contribution in [-0.4, -0.2) is 18.5 Å². The van der Waals surface area contributed by atoms with Gasteiger partial charge in [-0.25, -0.2) is 9.18 Å². The quantitative estimate of drug-likeness (QED) is 0.149. The number of nitrogens with zero attached hydrogens (tertiary/aromatic N) is 1. The number of halogens is 1. The maximum atomic E-state index is 13.1. The monoisotopic (exact) mass is 480 g/mol. The number of amides is 1. The van der Waals surface area contributed by atoms with E-state index in [9.17, 15) is 19.2 Å². The molecule has 4 rings (SSSR count). The maximum absolute atomic E-state index is 13.1. The topological polar surface area (TPSA) is 88.4 Å². The fourth-order valence-electron chi connectivity index (χ4n) is 3.57. The summed E-state index contributed by atoms with van der Waals surface area (Å²) in [6, 6.07) is 24.7. The van der Waals surface area contributed by atoms with Crippen LogP contribution < -0.4 is 14.8 Å². The number of rotatable bonds is 7. The third kappa shape index (κ3) is 5.57. The second kappa shape index (κ2) is 11.0. The van der Waals surface area contributed by atoms with E-state index in [1.807, 2.05) is 36.4 Å². The second-order valence-electron chi connectivity index (χ2n) is 7.69. The number of hydrogen-bond acceptors (Lipinski definition) is 5.